The first-order chi connectivity index (χ1) is 13.7. The fraction of sp³-hybridized carbons (Fsp3) is 0.238. The number of benzene rings is 2. The van der Waals surface area contributed by atoms with E-state index in [1.807, 2.05) is 48.8 Å². The Kier molecular flexibility index (Phi) is 5.14. The van der Waals surface area contributed by atoms with Crippen molar-refractivity contribution in [1.29, 1.82) is 0 Å². The Labute approximate surface area is 162 Å². The zero-order chi connectivity index (χ0) is 19.3. The van der Waals surface area contributed by atoms with Crippen LogP contribution < -0.4 is 10.3 Å². The SMILES string of the molecule is O=C(NCCCn1cnc2ccccc21)C1=NN(c2ccccc2)C(=O)CC1. The molecule has 0 fully saturated rings. The van der Waals surface area contributed by atoms with Gasteiger partial charge in [-0.25, -0.2) is 9.99 Å². The molecule has 1 aliphatic heterocycles. The Morgan fingerprint density at radius 1 is 1.04 bits per heavy atom. The normalized spacial score (nSPS) is 14.2. The zero-order valence-corrected chi connectivity index (χ0v) is 15.4. The highest BCUT2D eigenvalue weighted by atomic mass is 16.2. The number of nitrogens with one attached hydrogen (secondary N) is 1. The number of hydrogen-bond acceptors (Lipinski definition) is 4. The van der Waals surface area contributed by atoms with E-state index in [4.69, 9.17) is 0 Å². The average Bonchev–Trinajstić information content (AvgIpc) is 3.15. The van der Waals surface area contributed by atoms with E-state index in [-0.39, 0.29) is 18.2 Å². The van der Waals surface area contributed by atoms with Gasteiger partial charge in [-0.3, -0.25) is 9.59 Å². The van der Waals surface area contributed by atoms with E-state index < -0.39 is 0 Å². The summed E-state index contributed by atoms with van der Waals surface area (Å²) in [5.74, 6) is -0.321. The Hall–Kier alpha value is -3.48. The van der Waals surface area contributed by atoms with Crippen LogP contribution >= 0.6 is 0 Å². The maximum absolute atomic E-state index is 12.5. The molecule has 1 aliphatic rings. The molecule has 7 heteroatoms. The fourth-order valence-electron chi connectivity index (χ4n) is 3.23. The summed E-state index contributed by atoms with van der Waals surface area (Å²) in [6.45, 7) is 1.30. The predicted octanol–water partition coefficient (Wildman–Crippen LogP) is 2.73. The van der Waals surface area contributed by atoms with E-state index in [1.165, 1.54) is 5.01 Å². The van der Waals surface area contributed by atoms with Crippen molar-refractivity contribution < 1.29 is 9.59 Å². The lowest BCUT2D eigenvalue weighted by Gasteiger charge is -2.23. The molecule has 0 radical (unpaired) electrons. The Bertz CT molecular complexity index is 1030. The Morgan fingerprint density at radius 3 is 2.68 bits per heavy atom. The van der Waals surface area contributed by atoms with Crippen molar-refractivity contribution in [3.05, 3.63) is 60.9 Å². The van der Waals surface area contributed by atoms with Crippen LogP contribution in [0.25, 0.3) is 11.0 Å². The van der Waals surface area contributed by atoms with Gasteiger partial charge in [0.05, 0.1) is 23.0 Å². The molecule has 0 unspecified atom stereocenters. The number of fused-ring (bicyclic) bond motifs is 1. The molecule has 0 bridgehead atoms. The molecule has 0 saturated carbocycles. The summed E-state index contributed by atoms with van der Waals surface area (Å²) in [4.78, 5) is 29.0. The first-order valence-electron chi connectivity index (χ1n) is 9.36. The van der Waals surface area contributed by atoms with E-state index in [9.17, 15) is 9.59 Å². The monoisotopic (exact) mass is 375 g/mol. The van der Waals surface area contributed by atoms with E-state index in [1.54, 1.807) is 12.1 Å². The number of hydrogen-bond donors (Lipinski definition) is 1. The smallest absolute Gasteiger partial charge is 0.267 e. The highest BCUT2D eigenvalue weighted by Gasteiger charge is 2.25. The quantitative estimate of drug-likeness (QED) is 0.673. The van der Waals surface area contributed by atoms with Gasteiger partial charge in [0.25, 0.3) is 5.91 Å². The second kappa shape index (κ2) is 8.04. The lowest BCUT2D eigenvalue weighted by molar-refractivity contribution is -0.118. The van der Waals surface area contributed by atoms with Gasteiger partial charge in [-0.1, -0.05) is 30.3 Å². The summed E-state index contributed by atoms with van der Waals surface area (Å²) in [5.41, 5.74) is 3.11. The first kappa shape index (κ1) is 17.9. The molecule has 1 N–H and O–H groups in total. The molecule has 0 spiro atoms. The van der Waals surface area contributed by atoms with Crippen molar-refractivity contribution in [2.24, 2.45) is 5.10 Å². The standard InChI is InChI=1S/C21H21N5O2/c27-20-12-11-18(24-26(20)16-7-2-1-3-8-16)21(28)22-13-6-14-25-15-23-17-9-4-5-10-19(17)25/h1-5,7-10,15H,6,11-14H2,(H,22,28). The second-order valence-electron chi connectivity index (χ2n) is 6.62. The van der Waals surface area contributed by atoms with Crippen LogP contribution in [0.4, 0.5) is 5.69 Å². The highest BCUT2D eigenvalue weighted by molar-refractivity contribution is 6.40. The lowest BCUT2D eigenvalue weighted by atomic mass is 10.1. The van der Waals surface area contributed by atoms with Gasteiger partial charge in [-0.05, 0) is 30.7 Å². The van der Waals surface area contributed by atoms with Crippen molar-refractivity contribution in [1.82, 2.24) is 14.9 Å². The summed E-state index contributed by atoms with van der Waals surface area (Å²) < 4.78 is 2.08. The van der Waals surface area contributed by atoms with Gasteiger partial charge in [-0.15, -0.1) is 0 Å². The molecule has 142 valence electrons. The topological polar surface area (TPSA) is 79.6 Å². The largest absolute Gasteiger partial charge is 0.351 e. The van der Waals surface area contributed by atoms with E-state index >= 15 is 0 Å². The van der Waals surface area contributed by atoms with Crippen molar-refractivity contribution in [3.63, 3.8) is 0 Å². The first-order valence-corrected chi connectivity index (χ1v) is 9.36. The summed E-state index contributed by atoms with van der Waals surface area (Å²) in [7, 11) is 0. The van der Waals surface area contributed by atoms with Crippen LogP contribution in [0.1, 0.15) is 19.3 Å². The minimum atomic E-state index is -0.219. The summed E-state index contributed by atoms with van der Waals surface area (Å²) in [6, 6.07) is 17.1. The van der Waals surface area contributed by atoms with Crippen molar-refractivity contribution in [2.75, 3.05) is 11.6 Å². The number of carbonyl (C=O) groups is 2. The molecule has 0 saturated heterocycles. The van der Waals surface area contributed by atoms with Gasteiger partial charge in [0, 0.05) is 25.9 Å². The average molecular weight is 375 g/mol. The van der Waals surface area contributed by atoms with Crippen LogP contribution in [-0.2, 0) is 16.1 Å². The minimum absolute atomic E-state index is 0.102. The number of hydrazone groups is 1. The van der Waals surface area contributed by atoms with Gasteiger partial charge in [0.1, 0.15) is 5.71 Å². The molecule has 28 heavy (non-hydrogen) atoms. The summed E-state index contributed by atoms with van der Waals surface area (Å²) in [5, 5.41) is 8.50. The number of para-hydroxylation sites is 3. The molecule has 7 nitrogen and oxygen atoms in total. The van der Waals surface area contributed by atoms with Gasteiger partial charge >= 0.3 is 0 Å². The predicted molar refractivity (Wildman–Crippen MR) is 108 cm³/mol. The van der Waals surface area contributed by atoms with Crippen molar-refractivity contribution in [3.8, 4) is 0 Å². The van der Waals surface area contributed by atoms with Crippen LogP contribution in [-0.4, -0.2) is 33.6 Å². The number of carbonyl (C=O) groups excluding carboxylic acids is 2. The number of nitrogens with zero attached hydrogens (tertiary/aromatic N) is 4. The zero-order valence-electron chi connectivity index (χ0n) is 15.4. The second-order valence-corrected chi connectivity index (χ2v) is 6.62. The van der Waals surface area contributed by atoms with Crippen LogP contribution in [0.2, 0.25) is 0 Å². The Balaban J connectivity index is 1.34. The molecule has 2 aromatic carbocycles. The molecule has 3 aromatic rings. The van der Waals surface area contributed by atoms with Crippen LogP contribution in [0.3, 0.4) is 0 Å². The van der Waals surface area contributed by atoms with Crippen LogP contribution in [0, 0.1) is 0 Å². The molecule has 2 heterocycles. The number of aromatic nitrogens is 2. The Morgan fingerprint density at radius 2 is 1.82 bits per heavy atom. The van der Waals surface area contributed by atoms with E-state index in [0.29, 0.717) is 24.4 Å². The maximum atomic E-state index is 12.5. The molecule has 0 atom stereocenters. The number of aryl methyl sites for hydroxylation is 1. The number of amides is 2. The molecule has 2 amide bonds. The van der Waals surface area contributed by atoms with Crippen LogP contribution in [0.15, 0.2) is 66.0 Å². The van der Waals surface area contributed by atoms with E-state index in [0.717, 1.165) is 24.0 Å². The van der Waals surface area contributed by atoms with Gasteiger partial charge in [-0.2, -0.15) is 5.10 Å². The third kappa shape index (κ3) is 3.78. The summed E-state index contributed by atoms with van der Waals surface area (Å²) >= 11 is 0. The van der Waals surface area contributed by atoms with Crippen molar-refractivity contribution >= 4 is 34.2 Å². The van der Waals surface area contributed by atoms with Gasteiger partial charge in [0.2, 0.25) is 5.91 Å². The number of anilines is 1. The molecule has 0 aliphatic carbocycles. The minimum Gasteiger partial charge on any atom is -0.351 e. The number of imidazole rings is 1. The number of rotatable bonds is 6. The van der Waals surface area contributed by atoms with Gasteiger partial charge in [0.15, 0.2) is 0 Å². The molecular formula is C21H21N5O2. The summed E-state index contributed by atoms with van der Waals surface area (Å²) in [6.07, 6.45) is 3.24. The maximum Gasteiger partial charge on any atom is 0.267 e. The molecular weight excluding hydrogens is 354 g/mol. The molecule has 4 rings (SSSR count). The van der Waals surface area contributed by atoms with Crippen LogP contribution in [0.5, 0.6) is 0 Å². The van der Waals surface area contributed by atoms with Gasteiger partial charge < -0.3 is 9.88 Å². The van der Waals surface area contributed by atoms with E-state index in [2.05, 4.69) is 20.0 Å². The van der Waals surface area contributed by atoms with Crippen molar-refractivity contribution in [2.45, 2.75) is 25.8 Å². The third-order valence-corrected chi connectivity index (χ3v) is 4.68. The highest BCUT2D eigenvalue weighted by Crippen LogP contribution is 2.19. The fourth-order valence-corrected chi connectivity index (χ4v) is 3.23. The lowest BCUT2D eigenvalue weighted by Crippen LogP contribution is -2.39. The molecule has 1 aromatic heterocycles. The third-order valence-electron chi connectivity index (χ3n) is 4.68.